The number of nitrogens with one attached hydrogen (secondary N) is 1. The highest BCUT2D eigenvalue weighted by Gasteiger charge is 2.23. The van der Waals surface area contributed by atoms with E-state index >= 15 is 0 Å². The van der Waals surface area contributed by atoms with Crippen LogP contribution < -0.4 is 15.0 Å². The first-order valence-electron chi connectivity index (χ1n) is 11.2. The second kappa shape index (κ2) is 10.4. The highest BCUT2D eigenvalue weighted by molar-refractivity contribution is 7.22. The molecule has 4 aromatic rings. The molecule has 0 bridgehead atoms. The highest BCUT2D eigenvalue weighted by Crippen LogP contribution is 2.33. The lowest BCUT2D eigenvalue weighted by molar-refractivity contribution is 0.116. The van der Waals surface area contributed by atoms with Gasteiger partial charge in [0, 0.05) is 44.2 Å². The normalized spacial score (nSPS) is 17.7. The summed E-state index contributed by atoms with van der Waals surface area (Å²) in [6.07, 6.45) is 7.32. The summed E-state index contributed by atoms with van der Waals surface area (Å²) in [4.78, 5) is 15.6. The summed E-state index contributed by atoms with van der Waals surface area (Å²) in [6, 6.07) is 13.7. The molecule has 2 N–H and O–H groups in total. The zero-order chi connectivity index (χ0) is 22.8. The lowest BCUT2D eigenvalue weighted by atomic mass is 9.93. The molecule has 0 amide bonds. The lowest BCUT2D eigenvalue weighted by Crippen LogP contribution is -2.36. The van der Waals surface area contributed by atoms with Crippen molar-refractivity contribution in [2.75, 3.05) is 24.3 Å². The van der Waals surface area contributed by atoms with E-state index < -0.39 is 0 Å². The molecule has 1 saturated carbocycles. The van der Waals surface area contributed by atoms with E-state index in [0.29, 0.717) is 5.75 Å². The van der Waals surface area contributed by atoms with Crippen molar-refractivity contribution >= 4 is 32.5 Å². The van der Waals surface area contributed by atoms with Gasteiger partial charge < -0.3 is 20.1 Å². The van der Waals surface area contributed by atoms with Gasteiger partial charge in [0.15, 0.2) is 5.13 Å². The van der Waals surface area contributed by atoms with Crippen LogP contribution in [0.3, 0.4) is 0 Å². The van der Waals surface area contributed by atoms with Crippen molar-refractivity contribution in [1.82, 2.24) is 15.0 Å². The van der Waals surface area contributed by atoms with Gasteiger partial charge in [-0.1, -0.05) is 31.6 Å². The molecule has 1 fully saturated rings. The Labute approximate surface area is 204 Å². The first kappa shape index (κ1) is 23.9. The topological polar surface area (TPSA) is 83.4 Å². The first-order chi connectivity index (χ1) is 16.0. The molecule has 0 spiro atoms. The maximum absolute atomic E-state index is 10.2. The molecule has 2 atom stereocenters. The van der Waals surface area contributed by atoms with Crippen LogP contribution in [-0.2, 0) is 0 Å². The summed E-state index contributed by atoms with van der Waals surface area (Å²) in [5.74, 6) is 2.36. The monoisotopic (exact) mass is 477 g/mol. The second-order valence-electron chi connectivity index (χ2n) is 8.53. The summed E-state index contributed by atoms with van der Waals surface area (Å²) >= 11 is 1.58. The predicted octanol–water partition coefficient (Wildman–Crippen LogP) is 5.96. The SMILES string of the molecule is C.CN(C)c1ccc(-c2cc(Oc3ccc4nc(N[C@@H]5CCCC[C@H]5O)sc4c3)ccn2)cn1. The Hall–Kier alpha value is -3.23. The Morgan fingerprint density at radius 1 is 1.03 bits per heavy atom. The Kier molecular flexibility index (Phi) is 7.29. The molecule has 1 aliphatic carbocycles. The number of thiazole rings is 1. The number of ether oxygens (including phenoxy) is 1. The molecule has 5 rings (SSSR count). The number of pyridine rings is 2. The minimum atomic E-state index is -0.306. The quantitative estimate of drug-likeness (QED) is 0.354. The van der Waals surface area contributed by atoms with Crippen molar-refractivity contribution in [2.24, 2.45) is 0 Å². The number of fused-ring (bicyclic) bond motifs is 1. The van der Waals surface area contributed by atoms with Crippen LogP contribution in [0, 0.1) is 0 Å². The van der Waals surface area contributed by atoms with Crippen LogP contribution >= 0.6 is 11.3 Å². The van der Waals surface area contributed by atoms with Gasteiger partial charge in [0.1, 0.15) is 17.3 Å². The Bertz CT molecular complexity index is 1240. The van der Waals surface area contributed by atoms with Crippen LogP contribution in [0.5, 0.6) is 11.5 Å². The summed E-state index contributed by atoms with van der Waals surface area (Å²) in [6.45, 7) is 0. The van der Waals surface area contributed by atoms with Gasteiger partial charge in [0.05, 0.1) is 28.1 Å². The molecular weight excluding hydrogens is 446 g/mol. The molecule has 0 aliphatic heterocycles. The molecule has 3 heterocycles. The third-order valence-electron chi connectivity index (χ3n) is 5.87. The van der Waals surface area contributed by atoms with Crippen molar-refractivity contribution < 1.29 is 9.84 Å². The van der Waals surface area contributed by atoms with Crippen molar-refractivity contribution in [1.29, 1.82) is 0 Å². The van der Waals surface area contributed by atoms with E-state index in [1.165, 1.54) is 0 Å². The molecule has 0 radical (unpaired) electrons. The van der Waals surface area contributed by atoms with E-state index in [-0.39, 0.29) is 19.6 Å². The van der Waals surface area contributed by atoms with Gasteiger partial charge in [0.2, 0.25) is 0 Å². The number of hydrogen-bond acceptors (Lipinski definition) is 8. The smallest absolute Gasteiger partial charge is 0.184 e. The van der Waals surface area contributed by atoms with Crippen LogP contribution in [0.4, 0.5) is 10.9 Å². The fourth-order valence-corrected chi connectivity index (χ4v) is 5.00. The molecule has 0 saturated heterocycles. The van der Waals surface area contributed by atoms with E-state index in [4.69, 9.17) is 4.74 Å². The molecule has 3 aromatic heterocycles. The molecule has 8 heteroatoms. The van der Waals surface area contributed by atoms with E-state index in [1.807, 2.05) is 67.7 Å². The summed E-state index contributed by atoms with van der Waals surface area (Å²) in [5, 5.41) is 14.5. The molecule has 7 nitrogen and oxygen atoms in total. The molecule has 34 heavy (non-hydrogen) atoms. The Morgan fingerprint density at radius 2 is 1.85 bits per heavy atom. The Morgan fingerprint density at radius 3 is 2.62 bits per heavy atom. The number of anilines is 2. The van der Waals surface area contributed by atoms with Crippen LogP contribution in [0.25, 0.3) is 21.5 Å². The maximum Gasteiger partial charge on any atom is 0.184 e. The predicted molar refractivity (Wildman–Crippen MR) is 140 cm³/mol. The van der Waals surface area contributed by atoms with E-state index in [0.717, 1.165) is 63.9 Å². The maximum atomic E-state index is 10.2. The molecule has 178 valence electrons. The van der Waals surface area contributed by atoms with Crippen molar-refractivity contribution in [2.45, 2.75) is 45.3 Å². The van der Waals surface area contributed by atoms with Crippen molar-refractivity contribution in [3.63, 3.8) is 0 Å². The van der Waals surface area contributed by atoms with Crippen molar-refractivity contribution in [3.8, 4) is 22.8 Å². The summed E-state index contributed by atoms with van der Waals surface area (Å²) < 4.78 is 7.18. The molecular formula is C26H31N5O2S. The number of hydrogen-bond donors (Lipinski definition) is 2. The highest BCUT2D eigenvalue weighted by atomic mass is 32.1. The number of benzene rings is 1. The van der Waals surface area contributed by atoms with Gasteiger partial charge in [-0.2, -0.15) is 0 Å². The average molecular weight is 478 g/mol. The van der Waals surface area contributed by atoms with E-state index in [1.54, 1.807) is 17.5 Å². The van der Waals surface area contributed by atoms with Crippen molar-refractivity contribution in [3.05, 3.63) is 54.9 Å². The first-order valence-corrected chi connectivity index (χ1v) is 12.0. The molecule has 0 unspecified atom stereocenters. The zero-order valence-corrected chi connectivity index (χ0v) is 19.5. The fraction of sp³-hybridized carbons (Fsp3) is 0.346. The van der Waals surface area contributed by atoms with Gasteiger partial charge in [-0.15, -0.1) is 0 Å². The van der Waals surface area contributed by atoms with Crippen LogP contribution in [-0.4, -0.2) is 46.3 Å². The largest absolute Gasteiger partial charge is 0.457 e. The number of nitrogens with zero attached hydrogens (tertiary/aromatic N) is 4. The van der Waals surface area contributed by atoms with Crippen LogP contribution in [0.1, 0.15) is 33.1 Å². The third kappa shape index (κ3) is 5.29. The zero-order valence-electron chi connectivity index (χ0n) is 18.7. The minimum Gasteiger partial charge on any atom is -0.457 e. The van der Waals surface area contributed by atoms with Gasteiger partial charge in [-0.3, -0.25) is 4.98 Å². The number of aliphatic hydroxyl groups excluding tert-OH is 1. The van der Waals surface area contributed by atoms with E-state index in [2.05, 4.69) is 20.3 Å². The Balaban J connectivity index is 0.00000274. The third-order valence-corrected chi connectivity index (χ3v) is 6.82. The average Bonchev–Trinajstić information content (AvgIpc) is 3.22. The summed E-state index contributed by atoms with van der Waals surface area (Å²) in [5.41, 5.74) is 2.66. The number of rotatable bonds is 6. The van der Waals surface area contributed by atoms with Crippen LogP contribution in [0.15, 0.2) is 54.9 Å². The van der Waals surface area contributed by atoms with Crippen LogP contribution in [0.2, 0.25) is 0 Å². The van der Waals surface area contributed by atoms with Gasteiger partial charge in [0.25, 0.3) is 0 Å². The molecule has 1 aromatic carbocycles. The fourth-order valence-electron chi connectivity index (χ4n) is 4.04. The number of aliphatic hydroxyl groups is 1. The standard InChI is InChI=1S/C25H27N5O2S.CH4/c1-30(2)24-10-7-16(15-27-24)21-13-18(11-12-26-21)32-17-8-9-20-23(14-17)33-25(29-20)28-19-5-3-4-6-22(19)31;/h7-15,19,22,31H,3-6H2,1-2H3,(H,28,29);1H4/t19-,22-;/m1./s1. The molecule has 1 aliphatic rings. The van der Waals surface area contributed by atoms with Gasteiger partial charge >= 0.3 is 0 Å². The minimum absolute atomic E-state index is 0. The van der Waals surface area contributed by atoms with Gasteiger partial charge in [-0.05, 0) is 43.2 Å². The van der Waals surface area contributed by atoms with E-state index in [9.17, 15) is 5.11 Å². The lowest BCUT2D eigenvalue weighted by Gasteiger charge is -2.27. The van der Waals surface area contributed by atoms with Gasteiger partial charge in [-0.25, -0.2) is 9.97 Å². The summed E-state index contributed by atoms with van der Waals surface area (Å²) in [7, 11) is 3.93. The number of aromatic nitrogens is 3. The second-order valence-corrected chi connectivity index (χ2v) is 9.56.